The lowest BCUT2D eigenvalue weighted by Gasteiger charge is -2.46. The van der Waals surface area contributed by atoms with E-state index in [-0.39, 0.29) is 11.6 Å². The van der Waals surface area contributed by atoms with E-state index in [1.165, 1.54) is 0 Å². The van der Waals surface area contributed by atoms with Crippen molar-refractivity contribution in [1.82, 2.24) is 4.48 Å². The third-order valence-electron chi connectivity index (χ3n) is 7.04. The first kappa shape index (κ1) is 17.5. The van der Waals surface area contributed by atoms with Crippen LogP contribution in [0.4, 0.5) is 25.8 Å². The van der Waals surface area contributed by atoms with Crippen molar-refractivity contribution in [3.05, 3.63) is 53.6 Å². The Morgan fingerprint density at radius 2 is 1.85 bits per heavy atom. The van der Waals surface area contributed by atoms with Crippen molar-refractivity contribution in [1.29, 1.82) is 0 Å². The molecule has 2 unspecified atom stereocenters. The van der Waals surface area contributed by atoms with Gasteiger partial charge in [0.2, 0.25) is 0 Å². The number of hydrogen-bond acceptors (Lipinski definition) is 1. The van der Waals surface area contributed by atoms with Gasteiger partial charge in [0.05, 0.1) is 7.05 Å². The second-order valence-corrected chi connectivity index (χ2v) is 8.01. The Hall–Kier alpha value is -1.94. The summed E-state index contributed by atoms with van der Waals surface area (Å²) in [6.45, 7) is 4.47. The number of quaternary nitrogens is 1. The number of rotatable bonds is 2. The second-order valence-electron chi connectivity index (χ2n) is 8.01. The fraction of sp³-hybridized carbons (Fsp3) is 0.455. The summed E-state index contributed by atoms with van der Waals surface area (Å²) in [4.78, 5) is 2.33. The third-order valence-corrected chi connectivity index (χ3v) is 7.04. The van der Waals surface area contributed by atoms with Crippen LogP contribution >= 0.6 is 0 Å². The molecule has 2 aliphatic heterocycles. The molecule has 0 N–H and O–H groups in total. The van der Waals surface area contributed by atoms with Gasteiger partial charge in [-0.1, -0.05) is 26.0 Å². The van der Waals surface area contributed by atoms with Gasteiger partial charge in [0, 0.05) is 30.2 Å². The Labute approximate surface area is 154 Å². The molecule has 2 aromatic carbocycles. The number of para-hydroxylation sites is 2. The zero-order chi connectivity index (χ0) is 18.7. The number of benzene rings is 2. The van der Waals surface area contributed by atoms with Crippen LogP contribution < -0.4 is 9.38 Å². The van der Waals surface area contributed by atoms with Gasteiger partial charge in [-0.15, -0.1) is 0 Å². The summed E-state index contributed by atoms with van der Waals surface area (Å²) < 4.78 is 29.6. The zero-order valence-electron chi connectivity index (χ0n) is 16.0. The van der Waals surface area contributed by atoms with Gasteiger partial charge >= 0.3 is 0 Å². The minimum absolute atomic E-state index is 0.0322. The first-order chi connectivity index (χ1) is 12.4. The van der Waals surface area contributed by atoms with Crippen LogP contribution in [0.2, 0.25) is 0 Å². The standard InChI is InChI=1S/C22H27F2N2/c1-5-22(6-2)12-11-15-13-16(23)14-17(24)20(15)26(4)19-10-8-7-9-18(19)25(3)21(22)26/h7-10,13-14,21H,5-6,11-12H2,1-4H3/q+1. The van der Waals surface area contributed by atoms with Crippen LogP contribution in [0, 0.1) is 17.0 Å². The number of fused-ring (bicyclic) bond motifs is 5. The van der Waals surface area contributed by atoms with E-state index in [2.05, 4.69) is 45.0 Å². The predicted octanol–water partition coefficient (Wildman–Crippen LogP) is 5.76. The molecule has 2 aliphatic rings. The highest BCUT2D eigenvalue weighted by molar-refractivity contribution is 5.81. The molecule has 2 aromatic rings. The highest BCUT2D eigenvalue weighted by Crippen LogP contribution is 2.59. The number of anilines is 1. The lowest BCUT2D eigenvalue weighted by Crippen LogP contribution is -2.60. The normalized spacial score (nSPS) is 26.1. The van der Waals surface area contributed by atoms with Crippen LogP contribution in [0.5, 0.6) is 0 Å². The molecule has 2 atom stereocenters. The molecule has 0 spiro atoms. The summed E-state index contributed by atoms with van der Waals surface area (Å²) in [5, 5.41) is 0. The van der Waals surface area contributed by atoms with Gasteiger partial charge in [0.1, 0.15) is 11.5 Å². The molecule has 2 nitrogen and oxygen atoms in total. The predicted molar refractivity (Wildman–Crippen MR) is 104 cm³/mol. The Morgan fingerprint density at radius 1 is 1.15 bits per heavy atom. The van der Waals surface area contributed by atoms with Gasteiger partial charge in [0.25, 0.3) is 0 Å². The summed E-state index contributed by atoms with van der Waals surface area (Å²) in [7, 11) is 4.23. The van der Waals surface area contributed by atoms with E-state index in [4.69, 9.17) is 0 Å². The summed E-state index contributed by atoms with van der Waals surface area (Å²) in [6.07, 6.45) is 3.77. The van der Waals surface area contributed by atoms with Crippen molar-refractivity contribution < 1.29 is 8.78 Å². The fourth-order valence-electron chi connectivity index (χ4n) is 5.78. The molecule has 138 valence electrons. The summed E-state index contributed by atoms with van der Waals surface area (Å²) in [6, 6.07) is 10.9. The van der Waals surface area contributed by atoms with Crippen molar-refractivity contribution in [2.75, 3.05) is 19.0 Å². The maximum atomic E-state index is 15.2. The lowest BCUT2D eigenvalue weighted by molar-refractivity contribution is 0.115. The van der Waals surface area contributed by atoms with Crippen molar-refractivity contribution >= 4 is 17.1 Å². The molecule has 0 fully saturated rings. The van der Waals surface area contributed by atoms with Gasteiger partial charge < -0.3 is 4.90 Å². The first-order valence-electron chi connectivity index (χ1n) is 9.56. The average molecular weight is 357 g/mol. The molecule has 2 heterocycles. The van der Waals surface area contributed by atoms with E-state index in [1.54, 1.807) is 6.07 Å². The highest BCUT2D eigenvalue weighted by atomic mass is 19.1. The van der Waals surface area contributed by atoms with Gasteiger partial charge in [0.15, 0.2) is 23.4 Å². The van der Waals surface area contributed by atoms with Gasteiger partial charge in [-0.25, -0.2) is 13.3 Å². The number of hydrogen-bond donors (Lipinski definition) is 0. The Morgan fingerprint density at radius 3 is 2.54 bits per heavy atom. The van der Waals surface area contributed by atoms with Gasteiger partial charge in [-0.05, 0) is 37.8 Å². The maximum Gasteiger partial charge on any atom is 0.187 e. The number of nitrogens with zero attached hydrogens (tertiary/aromatic N) is 2. The van der Waals surface area contributed by atoms with Crippen molar-refractivity contribution in [3.8, 4) is 0 Å². The first-order valence-corrected chi connectivity index (χ1v) is 9.56. The second kappa shape index (κ2) is 5.78. The highest BCUT2D eigenvalue weighted by Gasteiger charge is 2.60. The molecule has 0 saturated carbocycles. The van der Waals surface area contributed by atoms with Crippen molar-refractivity contribution in [2.45, 2.75) is 45.7 Å². The molecule has 0 radical (unpaired) electrons. The van der Waals surface area contributed by atoms with Crippen LogP contribution in [-0.2, 0) is 6.42 Å². The van der Waals surface area contributed by atoms with Gasteiger partial charge in [-0.3, -0.25) is 0 Å². The van der Waals surface area contributed by atoms with Crippen LogP contribution in [0.1, 0.15) is 38.7 Å². The molecular formula is C22H27F2N2+. The van der Waals surface area contributed by atoms with Gasteiger partial charge in [-0.2, -0.15) is 0 Å². The molecule has 4 rings (SSSR count). The number of aryl methyl sites for hydroxylation is 1. The van der Waals surface area contributed by atoms with Crippen LogP contribution in [0.25, 0.3) is 0 Å². The van der Waals surface area contributed by atoms with Crippen molar-refractivity contribution in [3.63, 3.8) is 0 Å². The maximum absolute atomic E-state index is 15.2. The minimum Gasteiger partial charge on any atom is -0.319 e. The van der Waals surface area contributed by atoms with E-state index < -0.39 is 11.6 Å². The van der Waals surface area contributed by atoms with Crippen LogP contribution in [0.3, 0.4) is 0 Å². The monoisotopic (exact) mass is 357 g/mol. The molecular weight excluding hydrogens is 330 g/mol. The Balaban J connectivity index is 2.10. The molecule has 26 heavy (non-hydrogen) atoms. The lowest BCUT2D eigenvalue weighted by atomic mass is 9.74. The third kappa shape index (κ3) is 2.05. The zero-order valence-corrected chi connectivity index (χ0v) is 16.0. The van der Waals surface area contributed by atoms with E-state index in [9.17, 15) is 4.39 Å². The van der Waals surface area contributed by atoms with E-state index in [1.807, 2.05) is 12.1 Å². The number of halogens is 2. The molecule has 0 bridgehead atoms. The largest absolute Gasteiger partial charge is 0.319 e. The quantitative estimate of drug-likeness (QED) is 0.618. The Kier molecular flexibility index (Phi) is 3.88. The molecule has 0 amide bonds. The average Bonchev–Trinajstić information content (AvgIpc) is 2.78. The smallest absolute Gasteiger partial charge is 0.187 e. The van der Waals surface area contributed by atoms with Crippen molar-refractivity contribution in [2.24, 2.45) is 5.41 Å². The summed E-state index contributed by atoms with van der Waals surface area (Å²) in [5.41, 5.74) is 3.72. The topological polar surface area (TPSA) is 3.24 Å². The Bertz CT molecular complexity index is 859. The summed E-state index contributed by atoms with van der Waals surface area (Å²) >= 11 is 0. The van der Waals surface area contributed by atoms with E-state index in [0.29, 0.717) is 16.6 Å². The molecule has 0 saturated heterocycles. The van der Waals surface area contributed by atoms with E-state index in [0.717, 1.165) is 42.3 Å². The SMILES string of the molecule is CCC1(CC)CCc2cc(F)cc(F)c2[N+]2(C)c3ccccc3N(C)C12. The summed E-state index contributed by atoms with van der Waals surface area (Å²) in [5.74, 6) is -0.911. The van der Waals surface area contributed by atoms with Crippen LogP contribution in [-0.4, -0.2) is 20.3 Å². The van der Waals surface area contributed by atoms with Crippen LogP contribution in [0.15, 0.2) is 36.4 Å². The molecule has 4 heteroatoms. The fourth-order valence-corrected chi connectivity index (χ4v) is 5.78. The minimum atomic E-state index is -0.481. The van der Waals surface area contributed by atoms with E-state index >= 15 is 4.39 Å². The molecule has 0 aromatic heterocycles. The molecule has 0 aliphatic carbocycles.